The summed E-state index contributed by atoms with van der Waals surface area (Å²) in [6, 6.07) is 0. The average molecular weight is 425 g/mol. The quantitative estimate of drug-likeness (QED) is 0.157. The minimum Gasteiger partial charge on any atom is -0.382 e. The SMILES string of the molecule is CCCCCCCCCCCCCCC(C)(O)C(=O)CCCCCCCCCCC. The topological polar surface area (TPSA) is 37.3 Å². The maximum atomic E-state index is 12.4. The van der Waals surface area contributed by atoms with Gasteiger partial charge < -0.3 is 5.11 Å². The van der Waals surface area contributed by atoms with Crippen molar-refractivity contribution in [1.29, 1.82) is 0 Å². The fourth-order valence-corrected chi connectivity index (χ4v) is 4.32. The molecule has 0 spiro atoms. The predicted octanol–water partition coefficient (Wildman–Crippen LogP) is 9.32. The van der Waals surface area contributed by atoms with Crippen molar-refractivity contribution in [2.75, 3.05) is 0 Å². The summed E-state index contributed by atoms with van der Waals surface area (Å²) >= 11 is 0. The van der Waals surface area contributed by atoms with E-state index < -0.39 is 5.60 Å². The molecule has 0 aromatic carbocycles. The highest BCUT2D eigenvalue weighted by molar-refractivity contribution is 5.86. The molecule has 180 valence electrons. The van der Waals surface area contributed by atoms with E-state index >= 15 is 0 Å². The van der Waals surface area contributed by atoms with E-state index in [-0.39, 0.29) is 5.78 Å². The smallest absolute Gasteiger partial charge is 0.164 e. The highest BCUT2D eigenvalue weighted by Crippen LogP contribution is 2.20. The van der Waals surface area contributed by atoms with Crippen LogP contribution < -0.4 is 0 Å². The number of hydrogen-bond acceptors (Lipinski definition) is 2. The lowest BCUT2D eigenvalue weighted by Gasteiger charge is -2.21. The number of unbranched alkanes of at least 4 members (excludes halogenated alkanes) is 19. The average Bonchev–Trinajstić information content (AvgIpc) is 2.73. The Bertz CT molecular complexity index is 362. The third-order valence-corrected chi connectivity index (χ3v) is 6.63. The molecule has 2 nitrogen and oxygen atoms in total. The fourth-order valence-electron chi connectivity index (χ4n) is 4.32. The maximum Gasteiger partial charge on any atom is 0.164 e. The van der Waals surface area contributed by atoms with Crippen LogP contribution in [0.1, 0.15) is 168 Å². The molecule has 0 aliphatic heterocycles. The van der Waals surface area contributed by atoms with Crippen molar-refractivity contribution in [3.63, 3.8) is 0 Å². The molecule has 0 fully saturated rings. The molecule has 0 aliphatic rings. The molecular weight excluding hydrogens is 368 g/mol. The molecule has 0 aliphatic carbocycles. The molecule has 0 aromatic heterocycles. The molecule has 1 atom stereocenters. The summed E-state index contributed by atoms with van der Waals surface area (Å²) in [6.07, 6.45) is 28.3. The van der Waals surface area contributed by atoms with E-state index in [1.54, 1.807) is 6.92 Å². The van der Waals surface area contributed by atoms with Crippen LogP contribution >= 0.6 is 0 Å². The van der Waals surface area contributed by atoms with Gasteiger partial charge in [0.15, 0.2) is 5.78 Å². The lowest BCUT2D eigenvalue weighted by molar-refractivity contribution is -0.136. The first-order valence-corrected chi connectivity index (χ1v) is 13.8. The second-order valence-corrected chi connectivity index (χ2v) is 9.91. The van der Waals surface area contributed by atoms with Gasteiger partial charge in [-0.15, -0.1) is 0 Å². The number of carbonyl (C=O) groups excluding carboxylic acids is 1. The summed E-state index contributed by atoms with van der Waals surface area (Å²) in [5.74, 6) is 0.0634. The van der Waals surface area contributed by atoms with Gasteiger partial charge in [0, 0.05) is 6.42 Å². The van der Waals surface area contributed by atoms with Crippen LogP contribution in [0.2, 0.25) is 0 Å². The summed E-state index contributed by atoms with van der Waals surface area (Å²) in [5, 5.41) is 10.5. The van der Waals surface area contributed by atoms with E-state index in [0.29, 0.717) is 12.8 Å². The Kier molecular flexibility index (Phi) is 21.6. The van der Waals surface area contributed by atoms with E-state index in [1.807, 2.05) is 0 Å². The van der Waals surface area contributed by atoms with Crippen LogP contribution in [0.15, 0.2) is 0 Å². The van der Waals surface area contributed by atoms with Gasteiger partial charge in [-0.2, -0.15) is 0 Å². The molecule has 0 heterocycles. The number of aliphatic hydroxyl groups is 1. The van der Waals surface area contributed by atoms with Gasteiger partial charge in [-0.3, -0.25) is 4.79 Å². The lowest BCUT2D eigenvalue weighted by atomic mass is 9.90. The standard InChI is InChI=1S/C28H56O2/c1-4-6-8-10-12-14-15-16-18-20-22-24-26-28(3,30)27(29)25-23-21-19-17-13-11-9-7-5-2/h30H,4-26H2,1-3H3. The number of carbonyl (C=O) groups is 1. The third-order valence-electron chi connectivity index (χ3n) is 6.63. The first-order chi connectivity index (χ1) is 14.5. The Morgan fingerprint density at radius 1 is 0.533 bits per heavy atom. The Balaban J connectivity index is 3.48. The van der Waals surface area contributed by atoms with Crippen molar-refractivity contribution in [1.82, 2.24) is 0 Å². The van der Waals surface area contributed by atoms with Gasteiger partial charge in [0.1, 0.15) is 5.60 Å². The van der Waals surface area contributed by atoms with Crippen molar-refractivity contribution < 1.29 is 9.90 Å². The van der Waals surface area contributed by atoms with Crippen molar-refractivity contribution in [3.05, 3.63) is 0 Å². The number of Topliss-reactive ketones (excluding diaryl/α,β-unsaturated/α-hetero) is 1. The van der Waals surface area contributed by atoms with Crippen LogP contribution in [0.4, 0.5) is 0 Å². The van der Waals surface area contributed by atoms with Gasteiger partial charge in [-0.25, -0.2) is 0 Å². The van der Waals surface area contributed by atoms with E-state index in [9.17, 15) is 9.90 Å². The minimum atomic E-state index is -1.10. The van der Waals surface area contributed by atoms with Gasteiger partial charge >= 0.3 is 0 Å². The van der Waals surface area contributed by atoms with Gasteiger partial charge in [0.2, 0.25) is 0 Å². The molecule has 0 rings (SSSR count). The summed E-state index contributed by atoms with van der Waals surface area (Å²) < 4.78 is 0. The minimum absolute atomic E-state index is 0.0634. The normalized spacial score (nSPS) is 13.5. The summed E-state index contributed by atoms with van der Waals surface area (Å²) in [7, 11) is 0. The molecule has 0 saturated heterocycles. The van der Waals surface area contributed by atoms with E-state index in [1.165, 1.54) is 109 Å². The largest absolute Gasteiger partial charge is 0.382 e. The van der Waals surface area contributed by atoms with Crippen LogP contribution in [0.3, 0.4) is 0 Å². The predicted molar refractivity (Wildman–Crippen MR) is 133 cm³/mol. The van der Waals surface area contributed by atoms with Gasteiger partial charge in [0.05, 0.1) is 0 Å². The van der Waals surface area contributed by atoms with Crippen LogP contribution in [-0.2, 0) is 4.79 Å². The molecule has 0 amide bonds. The summed E-state index contributed by atoms with van der Waals surface area (Å²) in [4.78, 5) is 12.4. The highest BCUT2D eigenvalue weighted by atomic mass is 16.3. The molecule has 0 saturated carbocycles. The van der Waals surface area contributed by atoms with Gasteiger partial charge in [0.25, 0.3) is 0 Å². The fraction of sp³-hybridized carbons (Fsp3) is 0.964. The maximum absolute atomic E-state index is 12.4. The third kappa shape index (κ3) is 19.6. The van der Waals surface area contributed by atoms with Crippen LogP contribution in [0.25, 0.3) is 0 Å². The zero-order valence-electron chi connectivity index (χ0n) is 21.1. The zero-order valence-corrected chi connectivity index (χ0v) is 21.1. The zero-order chi connectivity index (χ0) is 22.3. The van der Waals surface area contributed by atoms with Gasteiger partial charge in [-0.05, 0) is 19.8 Å². The summed E-state index contributed by atoms with van der Waals surface area (Å²) in [5.41, 5.74) is -1.10. The first-order valence-electron chi connectivity index (χ1n) is 13.8. The summed E-state index contributed by atoms with van der Waals surface area (Å²) in [6.45, 7) is 6.26. The van der Waals surface area contributed by atoms with Gasteiger partial charge in [-0.1, -0.05) is 142 Å². The highest BCUT2D eigenvalue weighted by Gasteiger charge is 2.28. The lowest BCUT2D eigenvalue weighted by Crippen LogP contribution is -2.34. The number of rotatable bonds is 24. The van der Waals surface area contributed by atoms with Crippen molar-refractivity contribution in [2.24, 2.45) is 0 Å². The van der Waals surface area contributed by atoms with E-state index in [2.05, 4.69) is 13.8 Å². The molecule has 1 unspecified atom stereocenters. The molecule has 2 heteroatoms. The molecule has 30 heavy (non-hydrogen) atoms. The van der Waals surface area contributed by atoms with Crippen LogP contribution in [0.5, 0.6) is 0 Å². The Morgan fingerprint density at radius 3 is 1.20 bits per heavy atom. The number of hydrogen-bond donors (Lipinski definition) is 1. The van der Waals surface area contributed by atoms with E-state index in [4.69, 9.17) is 0 Å². The van der Waals surface area contributed by atoms with Crippen molar-refractivity contribution in [2.45, 2.75) is 174 Å². The Hall–Kier alpha value is -0.370. The second kappa shape index (κ2) is 21.8. The first kappa shape index (κ1) is 29.6. The molecular formula is C28H56O2. The monoisotopic (exact) mass is 424 g/mol. The van der Waals surface area contributed by atoms with Crippen LogP contribution in [-0.4, -0.2) is 16.5 Å². The molecule has 1 N–H and O–H groups in total. The Labute approximate surface area is 190 Å². The molecule has 0 radical (unpaired) electrons. The van der Waals surface area contributed by atoms with Crippen LogP contribution in [0, 0.1) is 0 Å². The van der Waals surface area contributed by atoms with Crippen molar-refractivity contribution >= 4 is 5.78 Å². The Morgan fingerprint density at radius 2 is 0.833 bits per heavy atom. The molecule has 0 aromatic rings. The van der Waals surface area contributed by atoms with E-state index in [0.717, 1.165) is 25.7 Å². The second-order valence-electron chi connectivity index (χ2n) is 9.91. The van der Waals surface area contributed by atoms with Crippen molar-refractivity contribution in [3.8, 4) is 0 Å². The number of ketones is 1. The molecule has 0 bridgehead atoms.